The Hall–Kier alpha value is -0.610. The Labute approximate surface area is 78.5 Å². The molecule has 0 amide bonds. The first-order valence-corrected chi connectivity index (χ1v) is 4.73. The number of aliphatic carboxylic acids is 1. The first-order valence-electron chi connectivity index (χ1n) is 4.73. The summed E-state index contributed by atoms with van der Waals surface area (Å²) in [7, 11) is 0. The number of ether oxygens (including phenoxy) is 1. The Bertz CT molecular complexity index is 184. The summed E-state index contributed by atoms with van der Waals surface area (Å²) in [6.07, 6.45) is 0.810. The van der Waals surface area contributed by atoms with Crippen LogP contribution in [-0.4, -0.2) is 47.8 Å². The van der Waals surface area contributed by atoms with Gasteiger partial charge in [0.25, 0.3) is 0 Å². The summed E-state index contributed by atoms with van der Waals surface area (Å²) in [5.74, 6) is -0.725. The van der Waals surface area contributed by atoms with E-state index >= 15 is 0 Å². The van der Waals surface area contributed by atoms with Crippen LogP contribution >= 0.6 is 0 Å². The maximum atomic E-state index is 10.9. The van der Waals surface area contributed by atoms with E-state index in [9.17, 15) is 4.79 Å². The highest BCUT2D eigenvalue weighted by molar-refractivity contribution is 5.73. The molecule has 1 fully saturated rings. The van der Waals surface area contributed by atoms with Gasteiger partial charge in [-0.2, -0.15) is 0 Å². The van der Waals surface area contributed by atoms with Gasteiger partial charge in [-0.3, -0.25) is 9.69 Å². The summed E-state index contributed by atoms with van der Waals surface area (Å²) in [5, 5.41) is 8.93. The lowest BCUT2D eigenvalue weighted by atomic mass is 10.1. The summed E-state index contributed by atoms with van der Waals surface area (Å²) in [6.45, 7) is 5.98. The van der Waals surface area contributed by atoms with Crippen molar-refractivity contribution in [2.75, 3.05) is 19.7 Å². The lowest BCUT2D eigenvalue weighted by Gasteiger charge is -2.34. The number of carboxylic acid groups (broad SMARTS) is 1. The van der Waals surface area contributed by atoms with Gasteiger partial charge < -0.3 is 9.84 Å². The van der Waals surface area contributed by atoms with Crippen molar-refractivity contribution in [3.8, 4) is 0 Å². The Kier molecular flexibility index (Phi) is 3.69. The summed E-state index contributed by atoms with van der Waals surface area (Å²) in [6, 6.07) is -0.341. The molecule has 0 spiro atoms. The van der Waals surface area contributed by atoms with Crippen molar-refractivity contribution in [2.24, 2.45) is 0 Å². The molecule has 4 heteroatoms. The van der Waals surface area contributed by atoms with Gasteiger partial charge in [-0.25, -0.2) is 0 Å². The van der Waals surface area contributed by atoms with Gasteiger partial charge in [0.05, 0.1) is 12.7 Å². The van der Waals surface area contributed by atoms with E-state index in [2.05, 4.69) is 0 Å². The molecule has 0 aromatic carbocycles. The third kappa shape index (κ3) is 2.67. The van der Waals surface area contributed by atoms with Gasteiger partial charge >= 0.3 is 5.97 Å². The standard InChI is InChI=1S/C9H17NO3/c1-3-8(9(11)12)10-4-5-13-7(2)6-10/h7-8H,3-6H2,1-2H3,(H,11,12). The predicted molar refractivity (Wildman–Crippen MR) is 48.7 cm³/mol. The molecular weight excluding hydrogens is 170 g/mol. The topological polar surface area (TPSA) is 49.8 Å². The molecule has 0 saturated carbocycles. The number of carboxylic acids is 1. The number of rotatable bonds is 3. The normalized spacial score (nSPS) is 27.1. The third-order valence-corrected chi connectivity index (χ3v) is 2.39. The molecule has 2 unspecified atom stereocenters. The Morgan fingerprint density at radius 2 is 2.46 bits per heavy atom. The maximum Gasteiger partial charge on any atom is 0.320 e. The molecular formula is C9H17NO3. The second-order valence-electron chi connectivity index (χ2n) is 3.44. The molecule has 1 N–H and O–H groups in total. The fraction of sp³-hybridized carbons (Fsp3) is 0.889. The molecule has 0 radical (unpaired) electrons. The van der Waals surface area contributed by atoms with Crippen molar-refractivity contribution in [2.45, 2.75) is 32.4 Å². The average molecular weight is 187 g/mol. The average Bonchev–Trinajstić information content (AvgIpc) is 2.04. The predicted octanol–water partition coefficient (Wildman–Crippen LogP) is 0.570. The summed E-state index contributed by atoms with van der Waals surface area (Å²) in [4.78, 5) is 12.8. The monoisotopic (exact) mass is 187 g/mol. The molecule has 1 heterocycles. The number of nitrogens with zero attached hydrogens (tertiary/aromatic N) is 1. The van der Waals surface area contributed by atoms with E-state index in [0.29, 0.717) is 13.0 Å². The maximum absolute atomic E-state index is 10.9. The highest BCUT2D eigenvalue weighted by atomic mass is 16.5. The van der Waals surface area contributed by atoms with Crippen LogP contribution in [0.4, 0.5) is 0 Å². The molecule has 2 atom stereocenters. The molecule has 1 aliphatic heterocycles. The van der Waals surface area contributed by atoms with Crippen molar-refractivity contribution in [3.63, 3.8) is 0 Å². The number of hydrogen-bond acceptors (Lipinski definition) is 3. The lowest BCUT2D eigenvalue weighted by Crippen LogP contribution is -2.49. The Morgan fingerprint density at radius 3 is 2.92 bits per heavy atom. The SMILES string of the molecule is CCC(C(=O)O)N1CCOC(C)C1. The van der Waals surface area contributed by atoms with Crippen LogP contribution in [0, 0.1) is 0 Å². The van der Waals surface area contributed by atoms with Gasteiger partial charge in [0.2, 0.25) is 0 Å². The lowest BCUT2D eigenvalue weighted by molar-refractivity contribution is -0.146. The highest BCUT2D eigenvalue weighted by Gasteiger charge is 2.27. The first-order chi connectivity index (χ1) is 6.15. The molecule has 76 valence electrons. The second-order valence-corrected chi connectivity index (χ2v) is 3.44. The van der Waals surface area contributed by atoms with Gasteiger partial charge in [0.15, 0.2) is 0 Å². The van der Waals surface area contributed by atoms with E-state index in [1.807, 2.05) is 18.7 Å². The minimum atomic E-state index is -0.725. The number of morpholine rings is 1. The van der Waals surface area contributed by atoms with Crippen molar-refractivity contribution in [1.29, 1.82) is 0 Å². The van der Waals surface area contributed by atoms with Gasteiger partial charge in [0.1, 0.15) is 6.04 Å². The van der Waals surface area contributed by atoms with Crippen molar-refractivity contribution in [3.05, 3.63) is 0 Å². The van der Waals surface area contributed by atoms with Crippen molar-refractivity contribution < 1.29 is 14.6 Å². The van der Waals surface area contributed by atoms with Crippen LogP contribution in [0.3, 0.4) is 0 Å². The molecule has 0 aliphatic carbocycles. The zero-order valence-corrected chi connectivity index (χ0v) is 8.19. The zero-order chi connectivity index (χ0) is 9.84. The quantitative estimate of drug-likeness (QED) is 0.701. The third-order valence-electron chi connectivity index (χ3n) is 2.39. The first kappa shape index (κ1) is 10.5. The van der Waals surface area contributed by atoms with Crippen molar-refractivity contribution in [1.82, 2.24) is 4.90 Å². The molecule has 0 aromatic heterocycles. The minimum absolute atomic E-state index is 0.155. The van der Waals surface area contributed by atoms with E-state index in [1.54, 1.807) is 0 Å². The molecule has 1 rings (SSSR count). The fourth-order valence-corrected chi connectivity index (χ4v) is 1.72. The Balaban J connectivity index is 2.52. The zero-order valence-electron chi connectivity index (χ0n) is 8.19. The van der Waals surface area contributed by atoms with E-state index in [1.165, 1.54) is 0 Å². The summed E-state index contributed by atoms with van der Waals surface area (Å²) < 4.78 is 5.35. The van der Waals surface area contributed by atoms with E-state index in [0.717, 1.165) is 13.1 Å². The van der Waals surface area contributed by atoms with Crippen LogP contribution in [0.25, 0.3) is 0 Å². The summed E-state index contributed by atoms with van der Waals surface area (Å²) in [5.41, 5.74) is 0. The molecule has 4 nitrogen and oxygen atoms in total. The largest absolute Gasteiger partial charge is 0.480 e. The van der Waals surface area contributed by atoms with Crippen molar-refractivity contribution >= 4 is 5.97 Å². The van der Waals surface area contributed by atoms with E-state index < -0.39 is 5.97 Å². The Morgan fingerprint density at radius 1 is 1.77 bits per heavy atom. The van der Waals surface area contributed by atoms with Gasteiger partial charge in [-0.15, -0.1) is 0 Å². The van der Waals surface area contributed by atoms with Gasteiger partial charge in [-0.05, 0) is 13.3 Å². The van der Waals surface area contributed by atoms with Gasteiger partial charge in [-0.1, -0.05) is 6.92 Å². The van der Waals surface area contributed by atoms with Crippen LogP contribution in [0.5, 0.6) is 0 Å². The van der Waals surface area contributed by atoms with E-state index in [4.69, 9.17) is 9.84 Å². The highest BCUT2D eigenvalue weighted by Crippen LogP contribution is 2.11. The smallest absolute Gasteiger partial charge is 0.320 e. The van der Waals surface area contributed by atoms with Gasteiger partial charge in [0, 0.05) is 13.1 Å². The number of carbonyl (C=O) groups is 1. The molecule has 1 aliphatic rings. The molecule has 0 bridgehead atoms. The van der Waals surface area contributed by atoms with E-state index in [-0.39, 0.29) is 12.1 Å². The molecule has 13 heavy (non-hydrogen) atoms. The van der Waals surface area contributed by atoms with Crippen LogP contribution in [0.2, 0.25) is 0 Å². The minimum Gasteiger partial charge on any atom is -0.480 e. The fourth-order valence-electron chi connectivity index (χ4n) is 1.72. The molecule has 0 aromatic rings. The van der Waals surface area contributed by atoms with Crippen LogP contribution in [0.15, 0.2) is 0 Å². The number of hydrogen-bond donors (Lipinski definition) is 1. The van der Waals surface area contributed by atoms with Crippen LogP contribution in [0.1, 0.15) is 20.3 Å². The second kappa shape index (κ2) is 4.58. The molecule has 1 saturated heterocycles. The van der Waals surface area contributed by atoms with Crippen LogP contribution in [-0.2, 0) is 9.53 Å². The van der Waals surface area contributed by atoms with Crippen LogP contribution < -0.4 is 0 Å². The summed E-state index contributed by atoms with van der Waals surface area (Å²) >= 11 is 0.